The Labute approximate surface area is 182 Å². The van der Waals surface area contributed by atoms with Crippen LogP contribution in [0.25, 0.3) is 16.9 Å². The lowest BCUT2D eigenvalue weighted by Gasteiger charge is -2.27. The van der Waals surface area contributed by atoms with Crippen molar-refractivity contribution in [3.05, 3.63) is 36.0 Å². The zero-order chi connectivity index (χ0) is 22.2. The molecule has 2 aromatic heterocycles. The Balaban J connectivity index is 1.41. The average molecular weight is 439 g/mol. The van der Waals surface area contributed by atoms with Crippen LogP contribution in [-0.4, -0.2) is 56.5 Å². The maximum Gasteiger partial charge on any atom is 0.253 e. The van der Waals surface area contributed by atoms with Gasteiger partial charge in [-0.2, -0.15) is 4.68 Å². The Kier molecular flexibility index (Phi) is 5.25. The van der Waals surface area contributed by atoms with Gasteiger partial charge in [-0.3, -0.25) is 9.59 Å². The Morgan fingerprint density at radius 1 is 1.31 bits per heavy atom. The van der Waals surface area contributed by atoms with Crippen LogP contribution >= 0.6 is 0 Å². The van der Waals surface area contributed by atoms with E-state index in [-0.39, 0.29) is 35.9 Å². The molecule has 11 heteroatoms. The van der Waals surface area contributed by atoms with E-state index >= 15 is 0 Å². The molecule has 3 aromatic rings. The fourth-order valence-electron chi connectivity index (χ4n) is 4.43. The van der Waals surface area contributed by atoms with Crippen LogP contribution in [0.3, 0.4) is 0 Å². The Bertz CT molecular complexity index is 1200. The van der Waals surface area contributed by atoms with Gasteiger partial charge in [-0.15, -0.1) is 5.10 Å². The van der Waals surface area contributed by atoms with Crippen LogP contribution in [0.4, 0.5) is 10.1 Å². The number of carbonyl (C=O) groups excluding carboxylic acids is 2. The van der Waals surface area contributed by atoms with E-state index in [4.69, 9.17) is 10.5 Å². The summed E-state index contributed by atoms with van der Waals surface area (Å²) in [4.78, 5) is 33.8. The number of nitrogens with two attached hydrogens (primary N) is 1. The molecule has 5 rings (SSSR count). The summed E-state index contributed by atoms with van der Waals surface area (Å²) in [6.45, 7) is 0.604. The molecule has 32 heavy (non-hydrogen) atoms. The summed E-state index contributed by atoms with van der Waals surface area (Å²) in [6, 6.07) is 4.53. The first-order valence-corrected chi connectivity index (χ1v) is 10.5. The summed E-state index contributed by atoms with van der Waals surface area (Å²) >= 11 is 0. The van der Waals surface area contributed by atoms with Gasteiger partial charge in [0.1, 0.15) is 18.2 Å². The third-order valence-electron chi connectivity index (χ3n) is 6.11. The SMILES string of the molecule is NC(=O)[C@@H]1CC[C@@H](Cc2ncc3nnn(-c4ccc(N5CCOCC5=O)c(F)c4)c3n2)C1. The highest BCUT2D eigenvalue weighted by Gasteiger charge is 2.29. The van der Waals surface area contributed by atoms with Crippen molar-refractivity contribution in [1.29, 1.82) is 0 Å². The second kappa shape index (κ2) is 8.23. The fourth-order valence-corrected chi connectivity index (χ4v) is 4.43. The number of anilines is 1. The molecular formula is C21H22FN7O3. The number of hydrogen-bond acceptors (Lipinski definition) is 7. The van der Waals surface area contributed by atoms with Gasteiger partial charge >= 0.3 is 0 Å². The maximum atomic E-state index is 14.9. The zero-order valence-corrected chi connectivity index (χ0v) is 17.3. The highest BCUT2D eigenvalue weighted by atomic mass is 19.1. The molecule has 10 nitrogen and oxygen atoms in total. The van der Waals surface area contributed by atoms with Crippen molar-refractivity contribution in [2.24, 2.45) is 17.6 Å². The summed E-state index contributed by atoms with van der Waals surface area (Å²) in [5.74, 6) is -0.258. The first-order valence-electron chi connectivity index (χ1n) is 10.5. The molecule has 2 fully saturated rings. The molecule has 2 N–H and O–H groups in total. The van der Waals surface area contributed by atoms with Crippen LogP contribution in [-0.2, 0) is 20.7 Å². The summed E-state index contributed by atoms with van der Waals surface area (Å²) in [5, 5.41) is 8.19. The molecule has 1 aliphatic carbocycles. The van der Waals surface area contributed by atoms with Gasteiger partial charge in [0.15, 0.2) is 11.2 Å². The summed E-state index contributed by atoms with van der Waals surface area (Å²) in [6.07, 6.45) is 4.65. The lowest BCUT2D eigenvalue weighted by atomic mass is 10.0. The van der Waals surface area contributed by atoms with Crippen LogP contribution in [0.5, 0.6) is 0 Å². The maximum absolute atomic E-state index is 14.9. The second-order valence-electron chi connectivity index (χ2n) is 8.21. The van der Waals surface area contributed by atoms with E-state index in [0.717, 1.165) is 19.3 Å². The van der Waals surface area contributed by atoms with E-state index < -0.39 is 5.82 Å². The second-order valence-corrected chi connectivity index (χ2v) is 8.21. The number of aromatic nitrogens is 5. The van der Waals surface area contributed by atoms with E-state index in [1.54, 1.807) is 18.3 Å². The lowest BCUT2D eigenvalue weighted by Crippen LogP contribution is -2.42. The van der Waals surface area contributed by atoms with E-state index in [1.165, 1.54) is 15.6 Å². The van der Waals surface area contributed by atoms with Crippen LogP contribution in [0, 0.1) is 17.7 Å². The molecule has 0 bridgehead atoms. The minimum atomic E-state index is -0.542. The zero-order valence-electron chi connectivity index (χ0n) is 17.3. The van der Waals surface area contributed by atoms with Gasteiger partial charge in [-0.05, 0) is 37.3 Å². The van der Waals surface area contributed by atoms with Crippen molar-refractivity contribution in [2.45, 2.75) is 25.7 Å². The van der Waals surface area contributed by atoms with Gasteiger partial charge in [0, 0.05) is 24.9 Å². The largest absolute Gasteiger partial charge is 0.370 e. The summed E-state index contributed by atoms with van der Waals surface area (Å²) < 4.78 is 21.4. The molecule has 1 aromatic carbocycles. The number of halogens is 1. The number of ether oxygens (including phenoxy) is 1. The first kappa shape index (κ1) is 20.4. The number of rotatable bonds is 5. The van der Waals surface area contributed by atoms with Crippen molar-refractivity contribution in [3.8, 4) is 5.69 Å². The van der Waals surface area contributed by atoms with Gasteiger partial charge in [-0.25, -0.2) is 14.4 Å². The van der Waals surface area contributed by atoms with Crippen molar-refractivity contribution >= 4 is 28.7 Å². The van der Waals surface area contributed by atoms with Crippen LogP contribution in [0.2, 0.25) is 0 Å². The third-order valence-corrected chi connectivity index (χ3v) is 6.11. The minimum absolute atomic E-state index is 0.0597. The van der Waals surface area contributed by atoms with Crippen LogP contribution in [0.1, 0.15) is 25.1 Å². The number of benzene rings is 1. The monoisotopic (exact) mass is 439 g/mol. The minimum Gasteiger partial charge on any atom is -0.370 e. The van der Waals surface area contributed by atoms with Gasteiger partial charge in [-0.1, -0.05) is 5.21 Å². The molecule has 2 atom stereocenters. The molecule has 1 saturated heterocycles. The fraction of sp³-hybridized carbons (Fsp3) is 0.429. The van der Waals surface area contributed by atoms with Crippen LogP contribution in [0.15, 0.2) is 24.4 Å². The number of amides is 2. The topological polar surface area (TPSA) is 129 Å². The van der Waals surface area contributed by atoms with E-state index in [2.05, 4.69) is 20.3 Å². The van der Waals surface area contributed by atoms with E-state index in [0.29, 0.717) is 42.2 Å². The molecule has 0 radical (unpaired) electrons. The number of morpholine rings is 1. The van der Waals surface area contributed by atoms with Gasteiger partial charge in [0.05, 0.1) is 24.2 Å². The molecule has 2 amide bonds. The van der Waals surface area contributed by atoms with Gasteiger partial charge in [0.2, 0.25) is 5.91 Å². The molecule has 1 saturated carbocycles. The number of carbonyl (C=O) groups is 2. The molecule has 166 valence electrons. The summed E-state index contributed by atoms with van der Waals surface area (Å²) in [7, 11) is 0. The average Bonchev–Trinajstić information content (AvgIpc) is 3.41. The predicted molar refractivity (Wildman–Crippen MR) is 111 cm³/mol. The quantitative estimate of drug-likeness (QED) is 0.631. The van der Waals surface area contributed by atoms with Crippen LogP contribution < -0.4 is 10.6 Å². The van der Waals surface area contributed by atoms with Crippen molar-refractivity contribution in [3.63, 3.8) is 0 Å². The smallest absolute Gasteiger partial charge is 0.253 e. The molecular weight excluding hydrogens is 417 g/mol. The number of primary amides is 1. The normalized spacial score (nSPS) is 21.4. The lowest BCUT2D eigenvalue weighted by molar-refractivity contribution is -0.125. The first-order chi connectivity index (χ1) is 15.5. The highest BCUT2D eigenvalue weighted by molar-refractivity contribution is 5.95. The molecule has 1 aliphatic heterocycles. The van der Waals surface area contributed by atoms with Crippen molar-refractivity contribution < 1.29 is 18.7 Å². The summed E-state index contributed by atoms with van der Waals surface area (Å²) in [5.41, 5.74) is 7.02. The predicted octanol–water partition coefficient (Wildman–Crippen LogP) is 1.16. The standard InChI is InChI=1S/C21H22FN7O3/c22-15-9-14(3-4-17(15)28-5-6-32-11-19(28)30)29-21-16(26-27-29)10-24-18(25-21)8-12-1-2-13(7-12)20(23)31/h3-4,9-10,12-13H,1-2,5-8,11H2,(H2,23,31)/t12-,13-/m1/s1. The van der Waals surface area contributed by atoms with Crippen molar-refractivity contribution in [1.82, 2.24) is 25.0 Å². The van der Waals surface area contributed by atoms with Gasteiger partial charge < -0.3 is 15.4 Å². The number of nitrogens with zero attached hydrogens (tertiary/aromatic N) is 6. The number of hydrogen-bond donors (Lipinski definition) is 1. The van der Waals surface area contributed by atoms with Gasteiger partial charge in [0.25, 0.3) is 5.91 Å². The Hall–Kier alpha value is -3.47. The highest BCUT2D eigenvalue weighted by Crippen LogP contribution is 2.32. The molecule has 3 heterocycles. The Morgan fingerprint density at radius 3 is 2.94 bits per heavy atom. The molecule has 2 aliphatic rings. The third kappa shape index (κ3) is 3.79. The molecule has 0 unspecified atom stereocenters. The molecule has 0 spiro atoms. The van der Waals surface area contributed by atoms with E-state index in [9.17, 15) is 14.0 Å². The van der Waals surface area contributed by atoms with E-state index in [1.807, 2.05) is 0 Å². The number of fused-ring (bicyclic) bond motifs is 1. The van der Waals surface area contributed by atoms with Crippen molar-refractivity contribution in [2.75, 3.05) is 24.7 Å². The Morgan fingerprint density at radius 2 is 2.19 bits per heavy atom.